The number of benzene rings is 1. The number of carbonyl (C=O) groups excluding carboxylic acids is 1. The van der Waals surface area contributed by atoms with Crippen molar-refractivity contribution in [1.29, 1.82) is 0 Å². The molecule has 0 radical (unpaired) electrons. The van der Waals surface area contributed by atoms with Crippen LogP contribution in [0.25, 0.3) is 0 Å². The number of carbonyl (C=O) groups is 1. The van der Waals surface area contributed by atoms with E-state index < -0.39 is 6.10 Å². The van der Waals surface area contributed by atoms with Crippen molar-refractivity contribution in [3.8, 4) is 5.75 Å². The van der Waals surface area contributed by atoms with Gasteiger partial charge in [0.1, 0.15) is 11.6 Å². The Hall–Kier alpha value is -1.62. The minimum Gasteiger partial charge on any atom is -0.481 e. The van der Waals surface area contributed by atoms with Crippen LogP contribution in [0, 0.1) is 12.7 Å². The van der Waals surface area contributed by atoms with E-state index in [1.54, 1.807) is 24.8 Å². The van der Waals surface area contributed by atoms with Crippen molar-refractivity contribution in [2.24, 2.45) is 0 Å². The lowest BCUT2D eigenvalue weighted by atomic mass is 10.2. The van der Waals surface area contributed by atoms with Gasteiger partial charge in [0, 0.05) is 13.1 Å². The summed E-state index contributed by atoms with van der Waals surface area (Å²) < 4.78 is 23.8. The van der Waals surface area contributed by atoms with Crippen LogP contribution in [0.1, 0.15) is 12.5 Å². The molecule has 0 aliphatic carbocycles. The molecule has 4 nitrogen and oxygen atoms in total. The highest BCUT2D eigenvalue weighted by atomic mass is 19.1. The van der Waals surface area contributed by atoms with E-state index in [1.807, 2.05) is 0 Å². The first-order valence-corrected chi connectivity index (χ1v) is 6.37. The normalized spacial score (nSPS) is 17.1. The van der Waals surface area contributed by atoms with E-state index in [0.717, 1.165) is 0 Å². The third-order valence-electron chi connectivity index (χ3n) is 3.11. The monoisotopic (exact) mass is 267 g/mol. The summed E-state index contributed by atoms with van der Waals surface area (Å²) in [5.41, 5.74) is 0.682. The zero-order valence-corrected chi connectivity index (χ0v) is 11.2. The molecule has 1 heterocycles. The van der Waals surface area contributed by atoms with Gasteiger partial charge in [-0.25, -0.2) is 4.39 Å². The summed E-state index contributed by atoms with van der Waals surface area (Å²) in [5, 5.41) is 0. The highest BCUT2D eigenvalue weighted by Crippen LogP contribution is 2.20. The minimum absolute atomic E-state index is 0.0629. The van der Waals surface area contributed by atoms with Crippen LogP contribution in [0.15, 0.2) is 18.2 Å². The molecule has 104 valence electrons. The lowest BCUT2D eigenvalue weighted by molar-refractivity contribution is -0.142. The first-order valence-electron chi connectivity index (χ1n) is 6.37. The Morgan fingerprint density at radius 1 is 1.42 bits per heavy atom. The Labute approximate surface area is 112 Å². The number of amides is 1. The molecule has 1 aliphatic rings. The second-order valence-electron chi connectivity index (χ2n) is 4.61. The van der Waals surface area contributed by atoms with Gasteiger partial charge in [-0.3, -0.25) is 4.79 Å². The molecule has 19 heavy (non-hydrogen) atoms. The smallest absolute Gasteiger partial charge is 0.263 e. The summed E-state index contributed by atoms with van der Waals surface area (Å²) in [6, 6.07) is 4.27. The van der Waals surface area contributed by atoms with Gasteiger partial charge in [-0.2, -0.15) is 0 Å². The van der Waals surface area contributed by atoms with E-state index >= 15 is 0 Å². The molecule has 5 heteroatoms. The minimum atomic E-state index is -0.581. The molecule has 0 saturated carbocycles. The van der Waals surface area contributed by atoms with E-state index in [1.165, 1.54) is 12.1 Å². The van der Waals surface area contributed by atoms with E-state index in [9.17, 15) is 9.18 Å². The Morgan fingerprint density at radius 3 is 2.74 bits per heavy atom. The Morgan fingerprint density at radius 2 is 2.11 bits per heavy atom. The van der Waals surface area contributed by atoms with Gasteiger partial charge in [-0.1, -0.05) is 0 Å². The average molecular weight is 267 g/mol. The number of morpholine rings is 1. The molecule has 1 aliphatic heterocycles. The summed E-state index contributed by atoms with van der Waals surface area (Å²) >= 11 is 0. The number of rotatable bonds is 3. The second-order valence-corrected chi connectivity index (χ2v) is 4.61. The fraction of sp³-hybridized carbons (Fsp3) is 0.500. The van der Waals surface area contributed by atoms with E-state index in [0.29, 0.717) is 37.6 Å². The number of halogens is 1. The summed E-state index contributed by atoms with van der Waals surface area (Å²) in [4.78, 5) is 13.9. The predicted octanol–water partition coefficient (Wildman–Crippen LogP) is 1.76. The van der Waals surface area contributed by atoms with Crippen molar-refractivity contribution in [1.82, 2.24) is 4.90 Å². The maximum atomic E-state index is 13.0. The standard InChI is InChI=1S/C14H18FNO3/c1-10-9-12(15)3-4-13(10)19-11(2)14(17)16-5-7-18-8-6-16/h3-4,9,11H,5-8H2,1-2H3. The highest BCUT2D eigenvalue weighted by Gasteiger charge is 2.24. The molecule has 0 spiro atoms. The number of hydrogen-bond donors (Lipinski definition) is 0. The SMILES string of the molecule is Cc1cc(F)ccc1OC(C)C(=O)N1CCOCC1. The van der Waals surface area contributed by atoms with Crippen LogP contribution in [0.5, 0.6) is 5.75 Å². The molecule has 1 fully saturated rings. The molecule has 1 unspecified atom stereocenters. The van der Waals surface area contributed by atoms with Gasteiger partial charge in [0.25, 0.3) is 5.91 Å². The molecule has 0 N–H and O–H groups in total. The molecular formula is C14H18FNO3. The van der Waals surface area contributed by atoms with Crippen LogP contribution in [-0.4, -0.2) is 43.2 Å². The Bertz CT molecular complexity index is 458. The first-order chi connectivity index (χ1) is 9.08. The van der Waals surface area contributed by atoms with Gasteiger partial charge in [0.05, 0.1) is 13.2 Å². The van der Waals surface area contributed by atoms with Gasteiger partial charge in [0.15, 0.2) is 6.10 Å². The van der Waals surface area contributed by atoms with Crippen LogP contribution in [-0.2, 0) is 9.53 Å². The summed E-state index contributed by atoms with van der Waals surface area (Å²) in [7, 11) is 0. The molecule has 1 saturated heterocycles. The number of nitrogens with zero attached hydrogens (tertiary/aromatic N) is 1. The van der Waals surface area contributed by atoms with E-state index in [2.05, 4.69) is 0 Å². The Balaban J connectivity index is 1.99. The van der Waals surface area contributed by atoms with Crippen molar-refractivity contribution in [2.75, 3.05) is 26.3 Å². The lowest BCUT2D eigenvalue weighted by Gasteiger charge is -2.29. The van der Waals surface area contributed by atoms with E-state index in [-0.39, 0.29) is 11.7 Å². The Kier molecular flexibility index (Phi) is 4.37. The van der Waals surface area contributed by atoms with Crippen molar-refractivity contribution < 1.29 is 18.7 Å². The predicted molar refractivity (Wildman–Crippen MR) is 68.6 cm³/mol. The van der Waals surface area contributed by atoms with Crippen LogP contribution >= 0.6 is 0 Å². The van der Waals surface area contributed by atoms with Crippen LogP contribution in [0.4, 0.5) is 4.39 Å². The van der Waals surface area contributed by atoms with Crippen molar-refractivity contribution in [2.45, 2.75) is 20.0 Å². The lowest BCUT2D eigenvalue weighted by Crippen LogP contribution is -2.46. The molecule has 1 amide bonds. The van der Waals surface area contributed by atoms with Crippen molar-refractivity contribution in [3.05, 3.63) is 29.6 Å². The third-order valence-corrected chi connectivity index (χ3v) is 3.11. The number of ether oxygens (including phenoxy) is 2. The fourth-order valence-electron chi connectivity index (χ4n) is 2.03. The quantitative estimate of drug-likeness (QED) is 0.837. The van der Waals surface area contributed by atoms with Gasteiger partial charge >= 0.3 is 0 Å². The van der Waals surface area contributed by atoms with Crippen LogP contribution in [0.3, 0.4) is 0 Å². The van der Waals surface area contributed by atoms with Crippen LogP contribution in [0.2, 0.25) is 0 Å². The summed E-state index contributed by atoms with van der Waals surface area (Å²) in [6.07, 6.45) is -0.581. The molecule has 0 aromatic heterocycles. The van der Waals surface area contributed by atoms with Gasteiger partial charge in [0.2, 0.25) is 0 Å². The molecular weight excluding hydrogens is 249 g/mol. The summed E-state index contributed by atoms with van der Waals surface area (Å²) in [5.74, 6) is 0.166. The second kappa shape index (κ2) is 6.02. The molecule has 1 aromatic rings. The van der Waals surface area contributed by atoms with Crippen molar-refractivity contribution in [3.63, 3.8) is 0 Å². The third kappa shape index (κ3) is 3.44. The zero-order valence-electron chi connectivity index (χ0n) is 11.2. The highest BCUT2D eigenvalue weighted by molar-refractivity contribution is 5.81. The van der Waals surface area contributed by atoms with Gasteiger partial charge in [-0.15, -0.1) is 0 Å². The van der Waals surface area contributed by atoms with Crippen LogP contribution < -0.4 is 4.74 Å². The molecule has 1 atom stereocenters. The fourth-order valence-corrected chi connectivity index (χ4v) is 2.03. The molecule has 2 rings (SSSR count). The zero-order chi connectivity index (χ0) is 13.8. The molecule has 1 aromatic carbocycles. The topological polar surface area (TPSA) is 38.8 Å². The maximum Gasteiger partial charge on any atom is 0.263 e. The largest absolute Gasteiger partial charge is 0.481 e. The van der Waals surface area contributed by atoms with E-state index in [4.69, 9.17) is 9.47 Å². The van der Waals surface area contributed by atoms with Crippen molar-refractivity contribution >= 4 is 5.91 Å². The van der Waals surface area contributed by atoms with Gasteiger partial charge < -0.3 is 14.4 Å². The summed E-state index contributed by atoms with van der Waals surface area (Å²) in [6.45, 7) is 5.77. The molecule has 0 bridgehead atoms. The average Bonchev–Trinajstić information content (AvgIpc) is 2.42. The number of aryl methyl sites for hydroxylation is 1. The first kappa shape index (κ1) is 13.8. The number of hydrogen-bond acceptors (Lipinski definition) is 3. The van der Waals surface area contributed by atoms with Gasteiger partial charge in [-0.05, 0) is 37.6 Å². The maximum absolute atomic E-state index is 13.0.